The van der Waals surface area contributed by atoms with Crippen molar-refractivity contribution in [3.63, 3.8) is 0 Å². The van der Waals surface area contributed by atoms with Crippen LogP contribution in [0.1, 0.15) is 28.1 Å². The van der Waals surface area contributed by atoms with Crippen molar-refractivity contribution in [3.8, 4) is 17.2 Å². The molecule has 2 aromatic carbocycles. The number of hydrogen-bond acceptors (Lipinski definition) is 5. The number of anilines is 1. The Labute approximate surface area is 190 Å². The topological polar surface area (TPSA) is 68.6 Å². The zero-order valence-corrected chi connectivity index (χ0v) is 19.9. The average Bonchev–Trinajstić information content (AvgIpc) is 3.03. The number of methoxy groups -OCH3 is 2. The Morgan fingerprint density at radius 1 is 1.03 bits per heavy atom. The molecular formula is C25H32N4O3. The molecule has 32 heavy (non-hydrogen) atoms. The molecule has 0 fully saturated rings. The summed E-state index contributed by atoms with van der Waals surface area (Å²) in [5.74, 6) is 1.30. The first kappa shape index (κ1) is 23.3. The number of carbonyl (C=O) groups excluding carboxylic acids is 1. The molecule has 3 rings (SSSR count). The van der Waals surface area contributed by atoms with Crippen molar-refractivity contribution in [2.45, 2.75) is 34.2 Å². The van der Waals surface area contributed by atoms with Crippen LogP contribution < -0.4 is 14.8 Å². The van der Waals surface area contributed by atoms with Crippen LogP contribution in [-0.4, -0.2) is 48.4 Å². The first-order valence-corrected chi connectivity index (χ1v) is 10.6. The van der Waals surface area contributed by atoms with Gasteiger partial charge in [-0.05, 0) is 70.1 Å². The predicted molar refractivity (Wildman–Crippen MR) is 127 cm³/mol. The number of carbonyl (C=O) groups is 1. The minimum Gasteiger partial charge on any atom is -0.493 e. The van der Waals surface area contributed by atoms with E-state index in [0.29, 0.717) is 18.0 Å². The normalized spacial score (nSPS) is 11.0. The van der Waals surface area contributed by atoms with Crippen LogP contribution in [0.4, 0.5) is 5.69 Å². The lowest BCUT2D eigenvalue weighted by Crippen LogP contribution is -2.30. The van der Waals surface area contributed by atoms with E-state index in [1.54, 1.807) is 14.2 Å². The summed E-state index contributed by atoms with van der Waals surface area (Å²) in [7, 11) is 5.17. The van der Waals surface area contributed by atoms with Gasteiger partial charge in [0.1, 0.15) is 0 Å². The first-order valence-electron chi connectivity index (χ1n) is 10.6. The Balaban J connectivity index is 1.69. The Hall–Kier alpha value is -3.32. The maximum atomic E-state index is 12.8. The molecule has 1 amide bonds. The number of rotatable bonds is 8. The number of nitrogens with zero attached hydrogens (tertiary/aromatic N) is 3. The molecule has 7 nitrogen and oxygen atoms in total. The molecule has 0 saturated carbocycles. The van der Waals surface area contributed by atoms with Gasteiger partial charge in [-0.3, -0.25) is 9.69 Å². The lowest BCUT2D eigenvalue weighted by molar-refractivity contribution is -0.117. The number of likely N-dealkylation sites (N-methyl/N-ethyl adjacent to an activating group) is 1. The fourth-order valence-corrected chi connectivity index (χ4v) is 3.72. The van der Waals surface area contributed by atoms with Gasteiger partial charge in [0.15, 0.2) is 11.5 Å². The van der Waals surface area contributed by atoms with E-state index >= 15 is 0 Å². The summed E-state index contributed by atoms with van der Waals surface area (Å²) >= 11 is 0. The van der Waals surface area contributed by atoms with E-state index in [1.807, 2.05) is 61.7 Å². The van der Waals surface area contributed by atoms with Crippen molar-refractivity contribution in [2.24, 2.45) is 0 Å². The van der Waals surface area contributed by atoms with Crippen LogP contribution in [0.25, 0.3) is 5.69 Å². The second kappa shape index (κ2) is 9.87. The van der Waals surface area contributed by atoms with E-state index in [4.69, 9.17) is 9.47 Å². The fraction of sp³-hybridized carbons (Fsp3) is 0.360. The highest BCUT2D eigenvalue weighted by Crippen LogP contribution is 2.30. The van der Waals surface area contributed by atoms with Gasteiger partial charge >= 0.3 is 0 Å². The summed E-state index contributed by atoms with van der Waals surface area (Å²) in [6.45, 7) is 8.81. The summed E-state index contributed by atoms with van der Waals surface area (Å²) in [6, 6.07) is 12.1. The van der Waals surface area contributed by atoms with E-state index in [2.05, 4.69) is 29.5 Å². The fourth-order valence-electron chi connectivity index (χ4n) is 3.72. The average molecular weight is 437 g/mol. The van der Waals surface area contributed by atoms with E-state index < -0.39 is 0 Å². The highest BCUT2D eigenvalue weighted by molar-refractivity contribution is 5.93. The van der Waals surface area contributed by atoms with Gasteiger partial charge in [0.2, 0.25) is 5.91 Å². The third-order valence-electron chi connectivity index (χ3n) is 5.53. The summed E-state index contributed by atoms with van der Waals surface area (Å²) < 4.78 is 12.6. The van der Waals surface area contributed by atoms with Gasteiger partial charge in [0.05, 0.1) is 43.5 Å². The number of hydrogen-bond donors (Lipinski definition) is 1. The van der Waals surface area contributed by atoms with Crippen molar-refractivity contribution < 1.29 is 14.3 Å². The molecule has 1 heterocycles. The molecular weight excluding hydrogens is 404 g/mol. The minimum absolute atomic E-state index is 0.0831. The summed E-state index contributed by atoms with van der Waals surface area (Å²) in [5, 5.41) is 7.66. The third-order valence-corrected chi connectivity index (χ3v) is 5.53. The Morgan fingerprint density at radius 2 is 1.66 bits per heavy atom. The van der Waals surface area contributed by atoms with E-state index in [9.17, 15) is 4.79 Å². The molecule has 0 unspecified atom stereocenters. The number of amides is 1. The number of nitrogens with one attached hydrogen (secondary N) is 1. The maximum Gasteiger partial charge on any atom is 0.238 e. The van der Waals surface area contributed by atoms with Crippen molar-refractivity contribution in [2.75, 3.05) is 33.1 Å². The lowest BCUT2D eigenvalue weighted by Gasteiger charge is -2.19. The lowest BCUT2D eigenvalue weighted by atomic mass is 10.1. The molecule has 0 radical (unpaired) electrons. The molecule has 0 spiro atoms. The molecule has 0 atom stereocenters. The molecule has 0 aliphatic heterocycles. The molecule has 0 aliphatic carbocycles. The van der Waals surface area contributed by atoms with Gasteiger partial charge < -0.3 is 14.8 Å². The molecule has 170 valence electrons. The minimum atomic E-state index is -0.0831. The van der Waals surface area contributed by atoms with E-state index in [0.717, 1.165) is 33.9 Å². The van der Waals surface area contributed by atoms with Crippen LogP contribution in [-0.2, 0) is 11.3 Å². The standard InChI is InChI=1S/C25H32N4O3/c1-16-8-10-21(11-9-16)29-19(4)25(18(3)27-29)26-24(30)15-28(5)14-20-13-23(32-7)22(31-6)12-17(20)2/h8-13H,14-15H2,1-7H3,(H,26,30). The summed E-state index contributed by atoms with van der Waals surface area (Å²) in [6.07, 6.45) is 0. The molecule has 1 N–H and O–H groups in total. The quantitative estimate of drug-likeness (QED) is 0.573. The van der Waals surface area contributed by atoms with E-state index in [-0.39, 0.29) is 12.5 Å². The van der Waals surface area contributed by atoms with Crippen LogP contribution in [0.2, 0.25) is 0 Å². The highest BCUT2D eigenvalue weighted by atomic mass is 16.5. The highest BCUT2D eigenvalue weighted by Gasteiger charge is 2.17. The molecule has 0 aliphatic rings. The van der Waals surface area contributed by atoms with Gasteiger partial charge in [0, 0.05) is 6.54 Å². The molecule has 0 saturated heterocycles. The number of aryl methyl sites for hydroxylation is 3. The van der Waals surface area contributed by atoms with Crippen LogP contribution in [0, 0.1) is 27.7 Å². The van der Waals surface area contributed by atoms with Crippen molar-refractivity contribution in [3.05, 3.63) is 64.5 Å². The Kier molecular flexibility index (Phi) is 7.20. The van der Waals surface area contributed by atoms with Gasteiger partial charge in [-0.2, -0.15) is 5.10 Å². The SMILES string of the molecule is COc1cc(C)c(CN(C)CC(=O)Nc2c(C)nn(-c3ccc(C)cc3)c2C)cc1OC. The summed E-state index contributed by atoms with van der Waals surface area (Å²) in [4.78, 5) is 14.8. The number of benzene rings is 2. The Bertz CT molecular complexity index is 1100. The van der Waals surface area contributed by atoms with Gasteiger partial charge in [-0.1, -0.05) is 17.7 Å². The predicted octanol–water partition coefficient (Wildman–Crippen LogP) is 4.19. The number of ether oxygens (including phenoxy) is 2. The van der Waals surface area contributed by atoms with Crippen LogP contribution in [0.5, 0.6) is 11.5 Å². The second-order valence-corrected chi connectivity index (χ2v) is 8.15. The van der Waals surface area contributed by atoms with Crippen molar-refractivity contribution in [1.29, 1.82) is 0 Å². The summed E-state index contributed by atoms with van der Waals surface area (Å²) in [5.41, 5.74) is 6.77. The molecule has 3 aromatic rings. The molecule has 1 aromatic heterocycles. The van der Waals surface area contributed by atoms with Gasteiger partial charge in [-0.15, -0.1) is 0 Å². The second-order valence-electron chi connectivity index (χ2n) is 8.15. The smallest absolute Gasteiger partial charge is 0.238 e. The maximum absolute atomic E-state index is 12.8. The largest absolute Gasteiger partial charge is 0.493 e. The third kappa shape index (κ3) is 5.11. The van der Waals surface area contributed by atoms with Gasteiger partial charge in [0.25, 0.3) is 0 Å². The van der Waals surface area contributed by atoms with Crippen molar-refractivity contribution in [1.82, 2.24) is 14.7 Å². The van der Waals surface area contributed by atoms with Crippen LogP contribution in [0.15, 0.2) is 36.4 Å². The van der Waals surface area contributed by atoms with Crippen LogP contribution >= 0.6 is 0 Å². The zero-order chi connectivity index (χ0) is 23.4. The molecule has 7 heteroatoms. The molecule has 0 bridgehead atoms. The monoisotopic (exact) mass is 436 g/mol. The van der Waals surface area contributed by atoms with E-state index in [1.165, 1.54) is 5.56 Å². The van der Waals surface area contributed by atoms with Crippen LogP contribution in [0.3, 0.4) is 0 Å². The van der Waals surface area contributed by atoms with Crippen molar-refractivity contribution >= 4 is 11.6 Å². The zero-order valence-electron chi connectivity index (χ0n) is 19.9. The van der Waals surface area contributed by atoms with Gasteiger partial charge in [-0.25, -0.2) is 4.68 Å². The first-order chi connectivity index (χ1) is 15.2. The Morgan fingerprint density at radius 3 is 2.28 bits per heavy atom. The number of aromatic nitrogens is 2.